The molecule has 2 amide bonds. The largest absolute Gasteiger partial charge is 0.392 e. The molecule has 7 atom stereocenters. The van der Waals surface area contributed by atoms with Gasteiger partial charge in [-0.1, -0.05) is 41.5 Å². The lowest BCUT2D eigenvalue weighted by molar-refractivity contribution is -0.144. The van der Waals surface area contributed by atoms with E-state index in [1.54, 1.807) is 0 Å². The SMILES string of the molecule is CC(C(=O)NCc1cc(F)cc(F)c1)C1CCC2(C)CCC(NC(=O)CC(C)(C)C)C(C)C2C1O. The van der Waals surface area contributed by atoms with Gasteiger partial charge in [-0.05, 0) is 72.0 Å². The highest BCUT2D eigenvalue weighted by atomic mass is 19.1. The third-order valence-corrected chi connectivity index (χ3v) is 8.37. The van der Waals surface area contributed by atoms with E-state index in [1.165, 1.54) is 12.1 Å². The first-order chi connectivity index (χ1) is 16.2. The summed E-state index contributed by atoms with van der Waals surface area (Å²) in [5, 5.41) is 17.5. The Bertz CT molecular complexity index is 911. The van der Waals surface area contributed by atoms with Crippen LogP contribution in [0, 0.1) is 46.1 Å². The highest BCUT2D eigenvalue weighted by Gasteiger charge is 2.53. The maximum atomic E-state index is 13.5. The molecular weight excluding hydrogens is 450 g/mol. The quantitative estimate of drug-likeness (QED) is 0.525. The van der Waals surface area contributed by atoms with E-state index >= 15 is 0 Å². The molecule has 2 saturated carbocycles. The van der Waals surface area contributed by atoms with Crippen LogP contribution in [0.15, 0.2) is 18.2 Å². The molecule has 5 nitrogen and oxygen atoms in total. The highest BCUT2D eigenvalue weighted by molar-refractivity contribution is 5.78. The van der Waals surface area contributed by atoms with Gasteiger partial charge in [0.15, 0.2) is 0 Å². The molecule has 7 unspecified atom stereocenters. The minimum atomic E-state index is -0.681. The molecule has 0 heterocycles. The first-order valence-electron chi connectivity index (χ1n) is 12.9. The third-order valence-electron chi connectivity index (χ3n) is 8.37. The van der Waals surface area contributed by atoms with Crippen molar-refractivity contribution >= 4 is 11.8 Å². The minimum absolute atomic E-state index is 0.00308. The lowest BCUT2D eigenvalue weighted by Crippen LogP contribution is -2.58. The van der Waals surface area contributed by atoms with Gasteiger partial charge in [0.25, 0.3) is 0 Å². The maximum absolute atomic E-state index is 13.5. The van der Waals surface area contributed by atoms with Crippen molar-refractivity contribution in [3.05, 3.63) is 35.4 Å². The lowest BCUT2D eigenvalue weighted by atomic mass is 9.51. The van der Waals surface area contributed by atoms with Gasteiger partial charge in [-0.3, -0.25) is 9.59 Å². The zero-order valence-corrected chi connectivity index (χ0v) is 22.0. The fraction of sp³-hybridized carbons (Fsp3) is 0.714. The first kappa shape index (κ1) is 27.6. The summed E-state index contributed by atoms with van der Waals surface area (Å²) in [7, 11) is 0. The predicted octanol–water partition coefficient (Wildman–Crippen LogP) is 4.96. The van der Waals surface area contributed by atoms with Crippen LogP contribution < -0.4 is 10.6 Å². The summed E-state index contributed by atoms with van der Waals surface area (Å²) in [5.41, 5.74) is 0.233. The van der Waals surface area contributed by atoms with Gasteiger partial charge in [0.05, 0.1) is 6.10 Å². The van der Waals surface area contributed by atoms with E-state index in [-0.39, 0.29) is 53.0 Å². The van der Waals surface area contributed by atoms with E-state index in [2.05, 4.69) is 24.5 Å². The molecule has 0 radical (unpaired) electrons. The number of carbonyl (C=O) groups is 2. The van der Waals surface area contributed by atoms with Crippen molar-refractivity contribution in [2.75, 3.05) is 0 Å². The Hall–Kier alpha value is -2.02. The van der Waals surface area contributed by atoms with Crippen molar-refractivity contribution in [1.29, 1.82) is 0 Å². The summed E-state index contributed by atoms with van der Waals surface area (Å²) in [4.78, 5) is 25.5. The Morgan fingerprint density at radius 1 is 1.14 bits per heavy atom. The fourth-order valence-corrected chi connectivity index (χ4v) is 6.49. The van der Waals surface area contributed by atoms with Gasteiger partial charge in [-0.2, -0.15) is 0 Å². The Labute approximate surface area is 208 Å². The van der Waals surface area contributed by atoms with E-state index in [9.17, 15) is 23.5 Å². The zero-order valence-electron chi connectivity index (χ0n) is 22.0. The van der Waals surface area contributed by atoms with Crippen LogP contribution in [0.5, 0.6) is 0 Å². The Morgan fingerprint density at radius 2 is 1.74 bits per heavy atom. The van der Waals surface area contributed by atoms with Gasteiger partial charge < -0.3 is 15.7 Å². The molecule has 7 heteroatoms. The van der Waals surface area contributed by atoms with Crippen molar-refractivity contribution in [3.8, 4) is 0 Å². The molecule has 2 aliphatic carbocycles. The number of carbonyl (C=O) groups excluding carboxylic acids is 2. The van der Waals surface area contributed by atoms with Crippen molar-refractivity contribution in [2.24, 2.45) is 34.5 Å². The second-order valence-electron chi connectivity index (χ2n) is 12.5. The second-order valence-corrected chi connectivity index (χ2v) is 12.5. The highest BCUT2D eigenvalue weighted by Crippen LogP contribution is 2.55. The van der Waals surface area contributed by atoms with E-state index in [4.69, 9.17) is 0 Å². The Morgan fingerprint density at radius 3 is 2.34 bits per heavy atom. The van der Waals surface area contributed by atoms with Crippen LogP contribution in [0.4, 0.5) is 8.78 Å². The van der Waals surface area contributed by atoms with Gasteiger partial charge >= 0.3 is 0 Å². The number of benzene rings is 1. The molecule has 0 saturated heterocycles. The number of amides is 2. The van der Waals surface area contributed by atoms with Crippen LogP contribution in [-0.2, 0) is 16.1 Å². The first-order valence-corrected chi connectivity index (χ1v) is 12.9. The number of hydrogen-bond acceptors (Lipinski definition) is 3. The number of fused-ring (bicyclic) bond motifs is 1. The molecule has 0 aromatic heterocycles. The Kier molecular flexibility index (Phi) is 8.30. The molecule has 35 heavy (non-hydrogen) atoms. The maximum Gasteiger partial charge on any atom is 0.223 e. The standard InChI is InChI=1S/C28H42F2N2O3/c1-16(26(35)31-15-18-11-19(29)13-20(30)12-18)21-7-9-28(6)10-8-22(17(2)24(28)25(21)34)32-23(33)14-27(3,4)5/h11-13,16-17,21-22,24-25,34H,7-10,14-15H2,1-6H3,(H,31,35)(H,32,33). The fourth-order valence-electron chi connectivity index (χ4n) is 6.49. The molecular formula is C28H42F2N2O3. The number of nitrogens with one attached hydrogen (secondary N) is 2. The van der Waals surface area contributed by atoms with Crippen LogP contribution in [-0.4, -0.2) is 29.1 Å². The molecule has 0 aliphatic heterocycles. The summed E-state index contributed by atoms with van der Waals surface area (Å²) in [6.45, 7) is 12.3. The number of aliphatic hydroxyl groups excluding tert-OH is 1. The lowest BCUT2D eigenvalue weighted by Gasteiger charge is -2.56. The second kappa shape index (κ2) is 10.5. The average Bonchev–Trinajstić information content (AvgIpc) is 2.72. The zero-order chi connectivity index (χ0) is 26.1. The van der Waals surface area contributed by atoms with Crippen molar-refractivity contribution < 1.29 is 23.5 Å². The van der Waals surface area contributed by atoms with E-state index < -0.39 is 23.7 Å². The smallest absolute Gasteiger partial charge is 0.223 e. The average molecular weight is 493 g/mol. The van der Waals surface area contributed by atoms with Crippen LogP contribution in [0.3, 0.4) is 0 Å². The van der Waals surface area contributed by atoms with E-state index in [1.807, 2.05) is 27.7 Å². The van der Waals surface area contributed by atoms with E-state index in [0.717, 1.165) is 31.7 Å². The van der Waals surface area contributed by atoms with Crippen LogP contribution in [0.1, 0.15) is 79.2 Å². The summed E-state index contributed by atoms with van der Waals surface area (Å²) < 4.78 is 26.9. The summed E-state index contributed by atoms with van der Waals surface area (Å²) in [6, 6.07) is 3.20. The summed E-state index contributed by atoms with van der Waals surface area (Å²) in [6.07, 6.45) is 3.26. The van der Waals surface area contributed by atoms with Crippen LogP contribution in [0.25, 0.3) is 0 Å². The van der Waals surface area contributed by atoms with Crippen molar-refractivity contribution in [2.45, 2.75) is 92.3 Å². The van der Waals surface area contributed by atoms with Gasteiger partial charge in [-0.15, -0.1) is 0 Å². The van der Waals surface area contributed by atoms with Crippen molar-refractivity contribution in [3.63, 3.8) is 0 Å². The molecule has 1 aromatic rings. The number of rotatable bonds is 6. The number of hydrogen-bond donors (Lipinski definition) is 3. The minimum Gasteiger partial charge on any atom is -0.392 e. The van der Waals surface area contributed by atoms with Gasteiger partial charge in [0.1, 0.15) is 11.6 Å². The molecule has 3 N–H and O–H groups in total. The monoisotopic (exact) mass is 492 g/mol. The Balaban J connectivity index is 1.66. The topological polar surface area (TPSA) is 78.4 Å². The third kappa shape index (κ3) is 6.60. The van der Waals surface area contributed by atoms with Gasteiger partial charge in [-0.25, -0.2) is 8.78 Å². The predicted molar refractivity (Wildman–Crippen MR) is 132 cm³/mol. The number of aliphatic hydroxyl groups is 1. The normalized spacial score (nSPS) is 31.9. The summed E-state index contributed by atoms with van der Waals surface area (Å²) >= 11 is 0. The number of halogens is 2. The molecule has 0 bridgehead atoms. The molecule has 2 aliphatic rings. The van der Waals surface area contributed by atoms with Crippen LogP contribution in [0.2, 0.25) is 0 Å². The van der Waals surface area contributed by atoms with Gasteiger partial charge in [0, 0.05) is 31.0 Å². The van der Waals surface area contributed by atoms with E-state index in [0.29, 0.717) is 12.0 Å². The molecule has 196 valence electrons. The molecule has 1 aromatic carbocycles. The molecule has 0 spiro atoms. The van der Waals surface area contributed by atoms with Gasteiger partial charge in [0.2, 0.25) is 11.8 Å². The van der Waals surface area contributed by atoms with Crippen LogP contribution >= 0.6 is 0 Å². The molecule has 3 rings (SSSR count). The molecule has 2 fully saturated rings. The van der Waals surface area contributed by atoms with Crippen molar-refractivity contribution in [1.82, 2.24) is 10.6 Å². The summed E-state index contributed by atoms with van der Waals surface area (Å²) in [5.74, 6) is -2.16.